The maximum atomic E-state index is 10.8. The van der Waals surface area contributed by atoms with E-state index in [1.54, 1.807) is 43.8 Å². The molecule has 0 unspecified atom stereocenters. The third kappa shape index (κ3) is 6.82. The summed E-state index contributed by atoms with van der Waals surface area (Å²) in [6.45, 7) is 4.31. The Morgan fingerprint density at radius 1 is 1.08 bits per heavy atom. The molecule has 0 aliphatic carbocycles. The number of nitrogens with zero attached hydrogens (tertiary/aromatic N) is 1. The van der Waals surface area contributed by atoms with Crippen LogP contribution >= 0.6 is 23.5 Å². The van der Waals surface area contributed by atoms with Gasteiger partial charge in [-0.05, 0) is 36.0 Å². The van der Waals surface area contributed by atoms with Crippen LogP contribution in [-0.2, 0) is 0 Å². The molecule has 0 bridgehead atoms. The summed E-state index contributed by atoms with van der Waals surface area (Å²) < 4.78 is 11.1. The first-order valence-electron chi connectivity index (χ1n) is 8.45. The van der Waals surface area contributed by atoms with Crippen LogP contribution in [0.5, 0.6) is 11.5 Å². The molecule has 0 N–H and O–H groups in total. The second kappa shape index (κ2) is 12.1. The number of hydrogen-bond acceptors (Lipinski definition) is 6. The Bertz CT molecular complexity index is 591. The molecule has 0 saturated heterocycles. The molecular formula is C18H27NO4S2. The van der Waals surface area contributed by atoms with E-state index >= 15 is 0 Å². The Labute approximate surface area is 158 Å². The van der Waals surface area contributed by atoms with Gasteiger partial charge in [-0.1, -0.05) is 26.7 Å². The van der Waals surface area contributed by atoms with E-state index in [2.05, 4.69) is 13.8 Å². The summed E-state index contributed by atoms with van der Waals surface area (Å²) in [5.41, 5.74) is 0.800. The van der Waals surface area contributed by atoms with E-state index in [1.807, 2.05) is 6.07 Å². The van der Waals surface area contributed by atoms with E-state index < -0.39 is 4.92 Å². The van der Waals surface area contributed by atoms with E-state index in [0.717, 1.165) is 58.7 Å². The smallest absolute Gasteiger partial charge is 0.235 e. The largest absolute Gasteiger partial charge is 0.493 e. The van der Waals surface area contributed by atoms with Gasteiger partial charge in [0.25, 0.3) is 0 Å². The predicted molar refractivity (Wildman–Crippen MR) is 107 cm³/mol. The Hall–Kier alpha value is -1.34. The van der Waals surface area contributed by atoms with Crippen LogP contribution in [0.3, 0.4) is 0 Å². The van der Waals surface area contributed by atoms with Crippen molar-refractivity contribution >= 4 is 29.6 Å². The minimum atomic E-state index is -0.443. The standard InChI is InChI=1S/C18H27NO4S2/c1-5-7-11-24-17-14(9-10-19(20)21)13-15(22-3)16(23-4)18(17)25-12-8-6-2/h9-10,13H,5-8,11-12H2,1-4H3/b10-9+. The molecule has 0 spiro atoms. The fraction of sp³-hybridized carbons (Fsp3) is 0.556. The molecule has 1 aromatic rings. The maximum Gasteiger partial charge on any atom is 0.235 e. The summed E-state index contributed by atoms with van der Waals surface area (Å²) >= 11 is 3.46. The molecule has 7 heteroatoms. The second-order valence-corrected chi connectivity index (χ2v) is 7.58. The lowest BCUT2D eigenvalue weighted by Gasteiger charge is -2.18. The number of ether oxygens (including phenoxy) is 2. The Morgan fingerprint density at radius 2 is 1.68 bits per heavy atom. The molecule has 0 aliphatic heterocycles. The van der Waals surface area contributed by atoms with Crippen molar-refractivity contribution in [2.45, 2.75) is 49.3 Å². The fourth-order valence-corrected chi connectivity index (χ4v) is 4.85. The molecule has 0 radical (unpaired) electrons. The van der Waals surface area contributed by atoms with Crippen LogP contribution in [-0.4, -0.2) is 30.6 Å². The lowest BCUT2D eigenvalue weighted by molar-refractivity contribution is -0.400. The fourth-order valence-electron chi connectivity index (χ4n) is 2.15. The lowest BCUT2D eigenvalue weighted by Crippen LogP contribution is -1.98. The molecular weight excluding hydrogens is 358 g/mol. The van der Waals surface area contributed by atoms with Gasteiger partial charge in [0.2, 0.25) is 6.20 Å². The number of thioether (sulfide) groups is 2. The molecule has 0 amide bonds. The molecule has 1 rings (SSSR count). The molecule has 0 fully saturated rings. The van der Waals surface area contributed by atoms with Crippen LogP contribution in [0.15, 0.2) is 22.1 Å². The summed E-state index contributed by atoms with van der Waals surface area (Å²) in [6.07, 6.45) is 6.94. The van der Waals surface area contributed by atoms with Crippen molar-refractivity contribution in [3.63, 3.8) is 0 Å². The van der Waals surface area contributed by atoms with Gasteiger partial charge in [0.15, 0.2) is 11.5 Å². The summed E-state index contributed by atoms with van der Waals surface area (Å²) in [7, 11) is 3.22. The van der Waals surface area contributed by atoms with Gasteiger partial charge in [0.1, 0.15) is 0 Å². The molecule has 5 nitrogen and oxygen atoms in total. The molecule has 0 saturated carbocycles. The summed E-state index contributed by atoms with van der Waals surface area (Å²) in [4.78, 5) is 12.4. The minimum absolute atomic E-state index is 0.443. The van der Waals surface area contributed by atoms with Crippen LogP contribution < -0.4 is 9.47 Å². The Balaban J connectivity index is 3.39. The quantitative estimate of drug-likeness (QED) is 0.198. The zero-order valence-corrected chi connectivity index (χ0v) is 17.0. The zero-order valence-electron chi connectivity index (χ0n) is 15.4. The predicted octanol–water partition coefficient (Wildman–Crippen LogP) is 5.74. The topological polar surface area (TPSA) is 61.6 Å². The molecule has 1 aromatic carbocycles. The molecule has 25 heavy (non-hydrogen) atoms. The highest BCUT2D eigenvalue weighted by Crippen LogP contribution is 2.47. The van der Waals surface area contributed by atoms with E-state index in [4.69, 9.17) is 9.47 Å². The number of rotatable bonds is 12. The Morgan fingerprint density at radius 3 is 2.16 bits per heavy atom. The number of nitro groups is 1. The summed E-state index contributed by atoms with van der Waals surface area (Å²) in [5.74, 6) is 3.25. The third-order valence-corrected chi connectivity index (χ3v) is 5.99. The van der Waals surface area contributed by atoms with Crippen molar-refractivity contribution in [1.29, 1.82) is 0 Å². The van der Waals surface area contributed by atoms with Crippen molar-refractivity contribution in [2.24, 2.45) is 0 Å². The van der Waals surface area contributed by atoms with E-state index in [1.165, 1.54) is 0 Å². The van der Waals surface area contributed by atoms with Crippen molar-refractivity contribution < 1.29 is 14.4 Å². The Kier molecular flexibility index (Phi) is 10.5. The third-order valence-electron chi connectivity index (χ3n) is 3.47. The number of benzene rings is 1. The first kappa shape index (κ1) is 21.7. The van der Waals surface area contributed by atoms with Gasteiger partial charge in [0.05, 0.1) is 24.0 Å². The molecule has 0 aliphatic rings. The molecule has 140 valence electrons. The monoisotopic (exact) mass is 385 g/mol. The average Bonchev–Trinajstić information content (AvgIpc) is 2.60. The van der Waals surface area contributed by atoms with Gasteiger partial charge < -0.3 is 9.47 Å². The van der Waals surface area contributed by atoms with Crippen molar-refractivity contribution in [1.82, 2.24) is 0 Å². The average molecular weight is 386 g/mol. The summed E-state index contributed by atoms with van der Waals surface area (Å²) in [5, 5.41) is 10.8. The van der Waals surface area contributed by atoms with Crippen molar-refractivity contribution in [3.05, 3.63) is 27.9 Å². The normalized spacial score (nSPS) is 11.0. The first-order valence-corrected chi connectivity index (χ1v) is 10.4. The van der Waals surface area contributed by atoms with E-state index in [0.29, 0.717) is 11.5 Å². The highest BCUT2D eigenvalue weighted by molar-refractivity contribution is 8.02. The van der Waals surface area contributed by atoms with Crippen LogP contribution in [0.2, 0.25) is 0 Å². The van der Waals surface area contributed by atoms with Crippen LogP contribution in [0.25, 0.3) is 6.08 Å². The molecule has 0 atom stereocenters. The van der Waals surface area contributed by atoms with Gasteiger partial charge in [-0.25, -0.2) is 0 Å². The van der Waals surface area contributed by atoms with Gasteiger partial charge in [-0.3, -0.25) is 10.1 Å². The zero-order chi connectivity index (χ0) is 18.7. The molecule has 0 aromatic heterocycles. The van der Waals surface area contributed by atoms with Gasteiger partial charge in [0, 0.05) is 11.0 Å². The van der Waals surface area contributed by atoms with Crippen molar-refractivity contribution in [3.8, 4) is 11.5 Å². The first-order chi connectivity index (χ1) is 12.1. The number of hydrogen-bond donors (Lipinski definition) is 0. The van der Waals surface area contributed by atoms with Crippen LogP contribution in [0.4, 0.5) is 0 Å². The van der Waals surface area contributed by atoms with Crippen LogP contribution in [0, 0.1) is 10.1 Å². The number of methoxy groups -OCH3 is 2. The highest BCUT2D eigenvalue weighted by atomic mass is 32.2. The van der Waals surface area contributed by atoms with Gasteiger partial charge >= 0.3 is 0 Å². The minimum Gasteiger partial charge on any atom is -0.493 e. The highest BCUT2D eigenvalue weighted by Gasteiger charge is 2.20. The lowest BCUT2D eigenvalue weighted by atomic mass is 10.2. The van der Waals surface area contributed by atoms with Gasteiger partial charge in [-0.2, -0.15) is 0 Å². The summed E-state index contributed by atoms with van der Waals surface area (Å²) in [6, 6.07) is 1.82. The van der Waals surface area contributed by atoms with E-state index in [9.17, 15) is 10.1 Å². The van der Waals surface area contributed by atoms with Crippen molar-refractivity contribution in [2.75, 3.05) is 25.7 Å². The second-order valence-electron chi connectivity index (χ2n) is 5.36. The molecule has 0 heterocycles. The van der Waals surface area contributed by atoms with E-state index in [-0.39, 0.29) is 0 Å². The SMILES string of the molecule is CCCCSc1c(/C=C/[N+](=O)[O-])cc(OC)c(OC)c1SCCCC. The van der Waals surface area contributed by atoms with Gasteiger partial charge in [-0.15, -0.1) is 23.5 Å². The number of unbranched alkanes of at least 4 members (excludes halogenated alkanes) is 2. The maximum absolute atomic E-state index is 10.8. The van der Waals surface area contributed by atoms with Crippen LogP contribution in [0.1, 0.15) is 45.1 Å².